The largest absolute Gasteiger partial charge is 0.394 e. The molecule has 53 atom stereocenters. The Hall–Kier alpha value is -3.63. The van der Waals surface area contributed by atoms with E-state index in [1.54, 1.807) is 6.08 Å². The lowest BCUT2D eigenvalue weighted by Crippen LogP contribution is -2.70. The minimum atomic E-state index is -2.35. The van der Waals surface area contributed by atoms with E-state index in [2.05, 4.69) is 54.6 Å². The number of ether oxygens (including phenoxy) is 16. The first kappa shape index (κ1) is 106. The van der Waals surface area contributed by atoms with Crippen molar-refractivity contribution in [1.29, 1.82) is 0 Å². The molecule has 15 aliphatic heterocycles. The molecule has 0 bridgehead atoms. The van der Waals surface area contributed by atoms with Crippen LogP contribution in [0.1, 0.15) is 155 Å². The second-order valence-corrected chi connectivity index (χ2v) is 40.5. The number of halogens is 3. The Morgan fingerprint density at radius 1 is 0.407 bits per heavy atom. The number of hydrogen-bond acceptors (Lipinski definition) is 36. The van der Waals surface area contributed by atoms with Gasteiger partial charge in [-0.3, -0.25) is 0 Å². The van der Waals surface area contributed by atoms with Crippen LogP contribution in [-0.2, 0) is 75.8 Å². The lowest BCUT2D eigenvalue weighted by molar-refractivity contribution is -0.329. The van der Waals surface area contributed by atoms with Crippen LogP contribution in [0, 0.1) is 53.8 Å². The molecule has 15 fully saturated rings. The van der Waals surface area contributed by atoms with Gasteiger partial charge in [-0.1, -0.05) is 90.7 Å². The van der Waals surface area contributed by atoms with Crippen molar-refractivity contribution in [2.75, 3.05) is 6.61 Å². The number of nitrogens with two attached hydrogens (primary N) is 1. The summed E-state index contributed by atoms with van der Waals surface area (Å²) in [4.78, 5) is 0. The fourth-order valence-electron chi connectivity index (χ4n) is 22.6. The molecule has 0 radical (unpaired) electrons. The van der Waals surface area contributed by atoms with Crippen LogP contribution in [0.3, 0.4) is 0 Å². The number of terminal acetylenes is 1. The predicted octanol–water partition coefficient (Wildman–Crippen LogP) is -1.90. The number of aliphatic hydroxyl groups is 19. The van der Waals surface area contributed by atoms with Gasteiger partial charge in [0.25, 0.3) is 0 Å². The van der Waals surface area contributed by atoms with Crippen molar-refractivity contribution in [3.8, 4) is 47.9 Å². The van der Waals surface area contributed by atoms with E-state index in [-0.39, 0.29) is 136 Å². The van der Waals surface area contributed by atoms with E-state index in [0.717, 1.165) is 25.7 Å². The van der Waals surface area contributed by atoms with E-state index < -0.39 is 250 Å². The summed E-state index contributed by atoms with van der Waals surface area (Å²) in [5, 5.41) is 212. The third kappa shape index (κ3) is 25.0. The molecule has 0 aromatic heterocycles. The second kappa shape index (κ2) is 48.4. The molecular formula is C96H136Cl3NO35. The van der Waals surface area contributed by atoms with Crippen LogP contribution >= 0.6 is 34.8 Å². The van der Waals surface area contributed by atoms with E-state index in [0.29, 0.717) is 64.2 Å². The second-order valence-electron chi connectivity index (χ2n) is 39.1. The van der Waals surface area contributed by atoms with E-state index in [1.807, 2.05) is 42.4 Å². The standard InChI is InChI=1S/C96H136Cl3NO35/c1-3-4-15-23-47(98)75(109)79(113)80(114)76(110)49(102)35-50(103)88(135-96-85(119)78(112)74(43-101)132-96)51(104)38-70-77(111)81(115)82(116)94(131-70)95-84(118)83(117)93-62(130-95)31-30-61(129-93)90-54(107)39-72-87(133-90)48(99)34-71(126-72)91-55(108)40-73-92(134-91)53(106)36-64(125-73)57-26-27-58-63(121-57)33-44(2)86(127-58)59-28-29-60-89(128-59)52(105)37-65-67(123-60)42-68-69(124-65)41-66-56(122-68)25-24-46(120-66)22-18-14-17-21-45(100)20-16-12-10-8-6-5-7-9-11-13-19-32-97/h1,8,10,12,14,16-19,22,32,44-96,101-119H,7,9,20-21,23-31,33-43,100H2,2H3/b10-8+,16-12+,17-14+,22-18+,32-19+/t44-,45-,46+,47-,48+,49+,50-,51+,52+,53+,54-,55+,56+,57-,58+,59+,60-,61-,62+,63-,64-,65-,66-,67+,68-,69+,70-,71-,72-,73-,74-,75-,76+,77-,78-,79-,80+,81-,82+,83+,84-,85-,86+,87+,88-,89+,90+,91+,92+,93+,94-,95+,96-/m1/s1. The van der Waals surface area contributed by atoms with Crippen molar-refractivity contribution in [1.82, 2.24) is 0 Å². The maximum Gasteiger partial charge on any atom is 0.187 e. The number of unbranched alkanes of at least 4 members (excludes halogenated alkanes) is 1. The van der Waals surface area contributed by atoms with E-state index in [1.165, 1.54) is 5.54 Å². The Balaban J connectivity index is 0.481. The van der Waals surface area contributed by atoms with Gasteiger partial charge in [0, 0.05) is 82.2 Å². The van der Waals surface area contributed by atoms with Gasteiger partial charge in [-0.05, 0) is 107 Å². The van der Waals surface area contributed by atoms with Gasteiger partial charge < -0.3 is 179 Å². The first-order valence-corrected chi connectivity index (χ1v) is 49.4. The Labute approximate surface area is 800 Å². The van der Waals surface area contributed by atoms with Gasteiger partial charge in [-0.15, -0.1) is 29.6 Å². The van der Waals surface area contributed by atoms with Gasteiger partial charge in [-0.2, -0.15) is 0 Å². The topological polar surface area (TPSA) is 558 Å². The SMILES string of the molecule is C#CC#CC[C@@H](Cl)[C@@H](O)[C@@H](O)[C@@H](O)[C@@H](O)[C@@H](O)C[C@@H](O)[C@@H](O[C@H]1O[C@H](CO)[C@@H](O)[C@H]1O)[C@@H](O)C[C@H]1O[C@@H]([C@H]2O[C@H]3CC[C@H]([C@H]4O[C@H]5[C@@H](Cl)C[C@H]([C@H]6O[C@H]7[C@@H](O)C[C@H]([C@H]8CC[C@@H]9O[C@H]([C@@H]%10CC[C@H]%11O[C@H]%12C[C@H]%13O[C@H]%14CC[C@H](/C=C/C=C/C[C@H](N)C/C=C/C=C/C#CCCC#C/C=C/Cl)O[C@@H]%14C[C@@H]%13O[C@@H]%12C[C@H](O)[C@@H]%11O%10)[C@H](C)C[C@H]9O8)O[C@@H]7C[C@@H]6O)O[C@@H]5C[C@H]4O)O[C@@H]3[C@@H](O)[C@H]2O)[C@@H](O)[C@H](O)[C@@H]1O. The number of alkyl halides is 2. The first-order chi connectivity index (χ1) is 64.9. The van der Waals surface area contributed by atoms with Crippen molar-refractivity contribution in [3.63, 3.8) is 0 Å². The van der Waals surface area contributed by atoms with Gasteiger partial charge in [0.05, 0.1) is 188 Å². The lowest BCUT2D eigenvalue weighted by atomic mass is 9.81. The molecule has 39 heteroatoms. The van der Waals surface area contributed by atoms with Crippen LogP contribution in [0.15, 0.2) is 60.2 Å². The Morgan fingerprint density at radius 2 is 0.859 bits per heavy atom. The molecule has 135 heavy (non-hydrogen) atoms. The molecule has 15 saturated heterocycles. The molecule has 0 spiro atoms. The molecule has 15 heterocycles. The fraction of sp³-hybridized carbons (Fsp3) is 0.812. The van der Waals surface area contributed by atoms with Crippen LogP contribution in [0.5, 0.6) is 0 Å². The highest BCUT2D eigenvalue weighted by atomic mass is 35.5. The zero-order chi connectivity index (χ0) is 95.9. The molecule has 0 aliphatic carbocycles. The molecule has 756 valence electrons. The monoisotopic (exact) mass is 1970 g/mol. The van der Waals surface area contributed by atoms with Gasteiger partial charge in [0.1, 0.15) is 122 Å². The summed E-state index contributed by atoms with van der Waals surface area (Å²) in [6, 6.07) is -0.0104. The average Bonchev–Trinajstić information content (AvgIpc) is 1.51. The molecule has 0 amide bonds. The average molecular weight is 1970 g/mol. The number of fused-ring (bicyclic) bond motifs is 8. The van der Waals surface area contributed by atoms with Gasteiger partial charge in [0.2, 0.25) is 0 Å². The molecule has 0 aromatic carbocycles. The number of allylic oxidation sites excluding steroid dienone is 6. The maximum atomic E-state index is 12.0. The minimum absolute atomic E-state index is 0.0104. The minimum Gasteiger partial charge on any atom is -0.394 e. The summed E-state index contributed by atoms with van der Waals surface area (Å²) >= 11 is 18.8. The zero-order valence-corrected chi connectivity index (χ0v) is 77.4. The highest BCUT2D eigenvalue weighted by molar-refractivity contribution is 6.25. The Kier molecular flexibility index (Phi) is 37.9. The molecule has 0 saturated carbocycles. The quantitative estimate of drug-likeness (QED) is 0.0176. The summed E-state index contributed by atoms with van der Waals surface area (Å²) in [7, 11) is 0. The van der Waals surface area contributed by atoms with Crippen molar-refractivity contribution in [3.05, 3.63) is 60.2 Å². The van der Waals surface area contributed by atoms with Gasteiger partial charge in [0.15, 0.2) is 6.29 Å². The predicted molar refractivity (Wildman–Crippen MR) is 476 cm³/mol. The van der Waals surface area contributed by atoms with Crippen LogP contribution in [0.25, 0.3) is 0 Å². The molecular weight excluding hydrogens is 1830 g/mol. The summed E-state index contributed by atoms with van der Waals surface area (Å²) in [5.74, 6) is 18.6. The third-order valence-corrected chi connectivity index (χ3v) is 30.7. The zero-order valence-electron chi connectivity index (χ0n) is 75.2. The fourth-order valence-corrected chi connectivity index (χ4v) is 23.3. The smallest absolute Gasteiger partial charge is 0.187 e. The van der Waals surface area contributed by atoms with E-state index in [9.17, 15) is 97.0 Å². The molecule has 0 unspecified atom stereocenters. The summed E-state index contributed by atoms with van der Waals surface area (Å²) in [5.41, 5.74) is 7.76. The molecule has 21 N–H and O–H groups in total. The van der Waals surface area contributed by atoms with E-state index >= 15 is 0 Å². The number of hydrogen-bond donors (Lipinski definition) is 20. The van der Waals surface area contributed by atoms with E-state index in [4.69, 9.17) is 123 Å². The molecule has 0 aromatic rings. The van der Waals surface area contributed by atoms with Gasteiger partial charge >= 0.3 is 0 Å². The number of aliphatic hydroxyl groups excluding tert-OH is 19. The highest BCUT2D eigenvalue weighted by Crippen LogP contribution is 2.49. The summed E-state index contributed by atoms with van der Waals surface area (Å²) in [6.45, 7) is 1.30. The summed E-state index contributed by atoms with van der Waals surface area (Å²) < 4.78 is 104. The van der Waals surface area contributed by atoms with Crippen molar-refractivity contribution >= 4 is 34.8 Å². The van der Waals surface area contributed by atoms with Crippen molar-refractivity contribution < 1.29 is 173 Å². The van der Waals surface area contributed by atoms with Gasteiger partial charge in [-0.25, -0.2) is 0 Å². The third-order valence-electron chi connectivity index (χ3n) is 29.8. The molecule has 36 nitrogen and oxygen atoms in total. The first-order valence-electron chi connectivity index (χ1n) is 48.0. The lowest BCUT2D eigenvalue weighted by Gasteiger charge is -2.54. The molecule has 15 rings (SSSR count). The maximum absolute atomic E-state index is 12.0. The van der Waals surface area contributed by atoms with Crippen molar-refractivity contribution in [2.24, 2.45) is 11.7 Å². The summed E-state index contributed by atoms with van der Waals surface area (Å²) in [6.07, 6.45) is -26.7. The number of rotatable bonds is 28. The van der Waals surface area contributed by atoms with Crippen molar-refractivity contribution in [2.45, 2.75) is 471 Å². The van der Waals surface area contributed by atoms with Crippen LogP contribution in [0.4, 0.5) is 0 Å². The highest BCUT2D eigenvalue weighted by Gasteiger charge is 2.62. The molecule has 15 aliphatic rings. The normalized spacial score (nSPS) is 46.6. The Morgan fingerprint density at radius 3 is 1.50 bits per heavy atom. The van der Waals surface area contributed by atoms with Crippen LogP contribution in [0.2, 0.25) is 0 Å². The van der Waals surface area contributed by atoms with Crippen LogP contribution < -0.4 is 5.73 Å². The van der Waals surface area contributed by atoms with Crippen LogP contribution in [-0.4, -0.2) is 420 Å². The Bertz CT molecular complexity index is 4180.